The summed E-state index contributed by atoms with van der Waals surface area (Å²) >= 11 is 0. The Hall–Kier alpha value is -4.35. The largest absolute Gasteiger partial charge is 0.378 e. The van der Waals surface area contributed by atoms with Crippen LogP contribution in [0, 0.1) is 10.1 Å². The first-order valence-electron chi connectivity index (χ1n) is 8.61. The molecular weight excluding hydrogens is 378 g/mol. The van der Waals surface area contributed by atoms with E-state index in [-0.39, 0.29) is 16.8 Å². The lowest BCUT2D eigenvalue weighted by atomic mass is 10.2. The molecule has 0 aliphatic heterocycles. The molecular formula is C17H15N9O3. The number of hydrogen-bond donors (Lipinski definition) is 3. The van der Waals surface area contributed by atoms with E-state index in [9.17, 15) is 14.9 Å². The van der Waals surface area contributed by atoms with Crippen LogP contribution in [0.1, 0.15) is 0 Å². The first kappa shape index (κ1) is 18.0. The first-order chi connectivity index (χ1) is 14.1. The topological polar surface area (TPSA) is 157 Å². The Balaban J connectivity index is 1.47. The molecule has 29 heavy (non-hydrogen) atoms. The van der Waals surface area contributed by atoms with Crippen LogP contribution in [-0.2, 0) is 0 Å². The van der Waals surface area contributed by atoms with Crippen LogP contribution in [0.4, 0.5) is 17.3 Å². The first-order valence-corrected chi connectivity index (χ1v) is 8.61. The van der Waals surface area contributed by atoms with Gasteiger partial charge in [0.1, 0.15) is 5.69 Å². The fourth-order valence-corrected chi connectivity index (χ4v) is 2.81. The van der Waals surface area contributed by atoms with Crippen LogP contribution in [-0.4, -0.2) is 48.2 Å². The second-order valence-corrected chi connectivity index (χ2v) is 5.98. The number of aromatic nitrogens is 6. The molecule has 0 saturated heterocycles. The van der Waals surface area contributed by atoms with Crippen molar-refractivity contribution in [2.24, 2.45) is 0 Å². The van der Waals surface area contributed by atoms with E-state index in [0.29, 0.717) is 24.6 Å². The van der Waals surface area contributed by atoms with Crippen molar-refractivity contribution in [2.45, 2.75) is 0 Å². The molecule has 146 valence electrons. The molecule has 12 nitrogen and oxygen atoms in total. The van der Waals surface area contributed by atoms with Gasteiger partial charge in [0, 0.05) is 19.2 Å². The van der Waals surface area contributed by atoms with E-state index in [1.165, 1.54) is 18.5 Å². The number of benzene rings is 2. The Morgan fingerprint density at radius 2 is 1.93 bits per heavy atom. The zero-order valence-electron chi connectivity index (χ0n) is 14.9. The third-order valence-electron chi connectivity index (χ3n) is 4.15. The van der Waals surface area contributed by atoms with Gasteiger partial charge in [0.2, 0.25) is 5.95 Å². The lowest BCUT2D eigenvalue weighted by Gasteiger charge is -2.10. The van der Waals surface area contributed by atoms with Crippen molar-refractivity contribution in [3.63, 3.8) is 0 Å². The summed E-state index contributed by atoms with van der Waals surface area (Å²) in [6, 6.07) is 12.1. The molecule has 2 aromatic heterocycles. The van der Waals surface area contributed by atoms with E-state index in [4.69, 9.17) is 0 Å². The average molecular weight is 393 g/mol. The predicted octanol–water partition coefficient (Wildman–Crippen LogP) is 1.33. The van der Waals surface area contributed by atoms with E-state index in [1.807, 2.05) is 30.3 Å². The van der Waals surface area contributed by atoms with E-state index in [2.05, 4.69) is 36.1 Å². The van der Waals surface area contributed by atoms with Crippen molar-refractivity contribution < 1.29 is 4.92 Å². The number of nitro benzene ring substituents is 1. The van der Waals surface area contributed by atoms with Gasteiger partial charge in [0.25, 0.3) is 11.2 Å². The number of fused-ring (bicyclic) bond motifs is 1. The lowest BCUT2D eigenvalue weighted by molar-refractivity contribution is -0.383. The Morgan fingerprint density at radius 1 is 1.14 bits per heavy atom. The highest BCUT2D eigenvalue weighted by Crippen LogP contribution is 2.27. The molecule has 4 rings (SSSR count). The maximum atomic E-state index is 11.8. The van der Waals surface area contributed by atoms with Gasteiger partial charge in [-0.25, -0.2) is 4.98 Å². The Kier molecular flexibility index (Phi) is 4.80. The molecule has 4 aromatic rings. The third-order valence-corrected chi connectivity index (χ3v) is 4.15. The molecule has 0 aliphatic rings. The Morgan fingerprint density at radius 3 is 2.72 bits per heavy atom. The van der Waals surface area contributed by atoms with E-state index >= 15 is 0 Å². The summed E-state index contributed by atoms with van der Waals surface area (Å²) < 4.78 is 1.55. The van der Waals surface area contributed by atoms with E-state index in [1.54, 1.807) is 4.68 Å². The summed E-state index contributed by atoms with van der Waals surface area (Å²) in [6.45, 7) is 0.738. The van der Waals surface area contributed by atoms with Crippen LogP contribution in [0.5, 0.6) is 0 Å². The van der Waals surface area contributed by atoms with Gasteiger partial charge in [-0.05, 0) is 28.6 Å². The van der Waals surface area contributed by atoms with Crippen molar-refractivity contribution in [1.29, 1.82) is 0 Å². The molecule has 0 spiro atoms. The molecule has 0 saturated carbocycles. The summed E-state index contributed by atoms with van der Waals surface area (Å²) in [4.78, 5) is 29.1. The number of nitrogens with one attached hydrogen (secondary N) is 3. The highest BCUT2D eigenvalue weighted by atomic mass is 16.6. The molecule has 2 heterocycles. The zero-order valence-corrected chi connectivity index (χ0v) is 14.9. The van der Waals surface area contributed by atoms with E-state index in [0.717, 1.165) is 5.69 Å². The van der Waals surface area contributed by atoms with Gasteiger partial charge in [-0.15, -0.1) is 0 Å². The second kappa shape index (κ2) is 7.72. The van der Waals surface area contributed by atoms with Crippen molar-refractivity contribution in [3.8, 4) is 5.69 Å². The second-order valence-electron chi connectivity index (χ2n) is 5.98. The van der Waals surface area contributed by atoms with Gasteiger partial charge in [-0.3, -0.25) is 14.9 Å². The van der Waals surface area contributed by atoms with Crippen molar-refractivity contribution >= 4 is 28.2 Å². The van der Waals surface area contributed by atoms with Gasteiger partial charge >= 0.3 is 0 Å². The molecule has 0 bridgehead atoms. The van der Waals surface area contributed by atoms with Gasteiger partial charge in [-0.2, -0.15) is 4.68 Å². The molecule has 0 unspecified atom stereocenters. The monoisotopic (exact) mass is 393 g/mol. The molecule has 2 aromatic carbocycles. The van der Waals surface area contributed by atoms with Crippen molar-refractivity contribution in [1.82, 2.24) is 30.2 Å². The standard InChI is InChI=1S/C17H15N9O3/c27-16-12-8-15(26(28)29)14(9-13(12)20-10-21-16)18-6-7-19-17-22-23-24-25(17)11-4-2-1-3-5-11/h1-5,8-10,18H,6-7H2,(H,19,22,24)(H,20,21,27). The third kappa shape index (κ3) is 3.71. The summed E-state index contributed by atoms with van der Waals surface area (Å²) in [5.41, 5.74) is 0.798. The zero-order chi connectivity index (χ0) is 20.2. The van der Waals surface area contributed by atoms with Gasteiger partial charge < -0.3 is 15.6 Å². The van der Waals surface area contributed by atoms with Gasteiger partial charge in [0.05, 0.1) is 27.8 Å². The maximum absolute atomic E-state index is 11.8. The molecule has 3 N–H and O–H groups in total. The minimum absolute atomic E-state index is 0.157. The van der Waals surface area contributed by atoms with Crippen LogP contribution in [0.15, 0.2) is 53.6 Å². The number of para-hydroxylation sites is 1. The molecule has 0 amide bonds. The SMILES string of the molecule is O=c1[nH]cnc2cc(NCCNc3nnnn3-c3ccccc3)c([N+](=O)[O-])cc12. The number of anilines is 2. The highest BCUT2D eigenvalue weighted by molar-refractivity contribution is 5.86. The number of rotatable bonds is 7. The highest BCUT2D eigenvalue weighted by Gasteiger charge is 2.17. The van der Waals surface area contributed by atoms with E-state index < -0.39 is 10.5 Å². The minimum atomic E-state index is -0.544. The van der Waals surface area contributed by atoms with Crippen LogP contribution < -0.4 is 16.2 Å². The lowest BCUT2D eigenvalue weighted by Crippen LogP contribution is -2.17. The molecule has 12 heteroatoms. The Labute approximate surface area is 162 Å². The molecule has 0 fully saturated rings. The summed E-state index contributed by atoms with van der Waals surface area (Å²) in [6.07, 6.45) is 1.26. The fraction of sp³-hybridized carbons (Fsp3) is 0.118. The molecule has 0 atom stereocenters. The summed E-state index contributed by atoms with van der Waals surface area (Å²) in [5.74, 6) is 0.444. The Bertz CT molecular complexity index is 1220. The number of aromatic amines is 1. The number of nitro groups is 1. The van der Waals surface area contributed by atoms with Crippen LogP contribution in [0.25, 0.3) is 16.6 Å². The fourth-order valence-electron chi connectivity index (χ4n) is 2.81. The molecule has 0 radical (unpaired) electrons. The summed E-state index contributed by atoms with van der Waals surface area (Å²) in [7, 11) is 0. The number of hydrogen-bond acceptors (Lipinski definition) is 9. The number of H-pyrrole nitrogens is 1. The minimum Gasteiger partial charge on any atom is -0.378 e. The predicted molar refractivity (Wildman–Crippen MR) is 105 cm³/mol. The van der Waals surface area contributed by atoms with Crippen LogP contribution in [0.2, 0.25) is 0 Å². The molecule has 0 aliphatic carbocycles. The normalized spacial score (nSPS) is 10.8. The smallest absolute Gasteiger partial charge is 0.293 e. The van der Waals surface area contributed by atoms with Gasteiger partial charge in [-0.1, -0.05) is 23.3 Å². The van der Waals surface area contributed by atoms with Crippen molar-refractivity contribution in [2.75, 3.05) is 23.7 Å². The number of tetrazole rings is 1. The van der Waals surface area contributed by atoms with Crippen LogP contribution >= 0.6 is 0 Å². The van der Waals surface area contributed by atoms with Crippen molar-refractivity contribution in [3.05, 3.63) is 69.3 Å². The number of nitrogens with zero attached hydrogens (tertiary/aromatic N) is 6. The van der Waals surface area contributed by atoms with Crippen LogP contribution in [0.3, 0.4) is 0 Å². The maximum Gasteiger partial charge on any atom is 0.293 e. The van der Waals surface area contributed by atoms with Gasteiger partial charge in [0.15, 0.2) is 0 Å². The quantitative estimate of drug-likeness (QED) is 0.239. The summed E-state index contributed by atoms with van der Waals surface area (Å²) in [5, 5.41) is 29.2. The average Bonchev–Trinajstić information content (AvgIpc) is 3.20.